The minimum atomic E-state index is -0.0753. The van der Waals surface area contributed by atoms with E-state index < -0.39 is 0 Å². The van der Waals surface area contributed by atoms with E-state index in [2.05, 4.69) is 29.2 Å². The van der Waals surface area contributed by atoms with Gasteiger partial charge in [-0.15, -0.1) is 11.3 Å². The molecular formula is C18H22N2O2S. The van der Waals surface area contributed by atoms with E-state index in [1.165, 1.54) is 22.5 Å². The second-order valence-corrected chi connectivity index (χ2v) is 6.94. The van der Waals surface area contributed by atoms with E-state index in [4.69, 9.17) is 4.74 Å². The number of ether oxygens (including phenoxy) is 1. The Labute approximate surface area is 141 Å². The van der Waals surface area contributed by atoms with Gasteiger partial charge in [0.05, 0.1) is 5.69 Å². The number of amides is 1. The van der Waals surface area contributed by atoms with Crippen molar-refractivity contribution in [3.63, 3.8) is 0 Å². The van der Waals surface area contributed by atoms with Crippen LogP contribution in [0.1, 0.15) is 44.5 Å². The summed E-state index contributed by atoms with van der Waals surface area (Å²) in [5.41, 5.74) is 3.52. The molecule has 1 aromatic heterocycles. The molecule has 5 heteroatoms. The lowest BCUT2D eigenvalue weighted by Crippen LogP contribution is -2.33. The number of nitrogens with zero attached hydrogens (tertiary/aromatic N) is 2. The summed E-state index contributed by atoms with van der Waals surface area (Å²) in [6.45, 7) is 5.39. The molecule has 3 rings (SSSR count). The summed E-state index contributed by atoms with van der Waals surface area (Å²) < 4.78 is 5.32. The SMILES string of the molecule is COC(C)c1nc(C)c(C(=O)N2CCc3ccccc3CC2)s1. The maximum absolute atomic E-state index is 12.9. The standard InChI is InChI=1S/C18H22N2O2S/c1-12-16(23-17(19-12)13(2)22-3)18(21)20-10-8-14-6-4-5-7-15(14)9-11-20/h4-7,13H,8-11H2,1-3H3. The number of carbonyl (C=O) groups is 1. The summed E-state index contributed by atoms with van der Waals surface area (Å²) >= 11 is 1.46. The lowest BCUT2D eigenvalue weighted by molar-refractivity contribution is 0.0767. The first-order chi connectivity index (χ1) is 11.1. The minimum absolute atomic E-state index is 0.0753. The van der Waals surface area contributed by atoms with Crippen molar-refractivity contribution >= 4 is 17.2 Å². The Bertz CT molecular complexity index is 684. The van der Waals surface area contributed by atoms with Gasteiger partial charge < -0.3 is 9.64 Å². The Balaban J connectivity index is 1.78. The van der Waals surface area contributed by atoms with Crippen molar-refractivity contribution in [2.24, 2.45) is 0 Å². The molecule has 0 aliphatic carbocycles. The number of aromatic nitrogens is 1. The van der Waals surface area contributed by atoms with Gasteiger partial charge in [-0.1, -0.05) is 24.3 Å². The first-order valence-electron chi connectivity index (χ1n) is 7.96. The zero-order valence-corrected chi connectivity index (χ0v) is 14.7. The summed E-state index contributed by atoms with van der Waals surface area (Å²) in [4.78, 5) is 20.1. The number of rotatable bonds is 3. The van der Waals surface area contributed by atoms with Gasteiger partial charge in [0.1, 0.15) is 16.0 Å². The Morgan fingerprint density at radius 2 is 1.87 bits per heavy atom. The van der Waals surface area contributed by atoms with Crippen molar-refractivity contribution in [3.05, 3.63) is 51.0 Å². The second-order valence-electron chi connectivity index (χ2n) is 5.91. The molecule has 1 atom stereocenters. The van der Waals surface area contributed by atoms with Gasteiger partial charge in [0.25, 0.3) is 5.91 Å². The smallest absolute Gasteiger partial charge is 0.265 e. The van der Waals surface area contributed by atoms with Crippen molar-refractivity contribution in [2.75, 3.05) is 20.2 Å². The molecule has 1 aromatic carbocycles. The number of aryl methyl sites for hydroxylation is 1. The topological polar surface area (TPSA) is 42.4 Å². The molecule has 0 saturated carbocycles. The van der Waals surface area contributed by atoms with Crippen molar-refractivity contribution in [1.29, 1.82) is 0 Å². The number of hydrogen-bond acceptors (Lipinski definition) is 4. The molecule has 23 heavy (non-hydrogen) atoms. The molecule has 0 radical (unpaired) electrons. The molecule has 2 aromatic rings. The molecule has 1 aliphatic heterocycles. The predicted molar refractivity (Wildman–Crippen MR) is 92.0 cm³/mol. The largest absolute Gasteiger partial charge is 0.375 e. The van der Waals surface area contributed by atoms with Crippen LogP contribution in [0.15, 0.2) is 24.3 Å². The van der Waals surface area contributed by atoms with Crippen LogP contribution < -0.4 is 0 Å². The second kappa shape index (κ2) is 6.81. The van der Waals surface area contributed by atoms with E-state index >= 15 is 0 Å². The van der Waals surface area contributed by atoms with Crippen LogP contribution >= 0.6 is 11.3 Å². The van der Waals surface area contributed by atoms with Crippen molar-refractivity contribution in [2.45, 2.75) is 32.8 Å². The molecule has 122 valence electrons. The van der Waals surface area contributed by atoms with Crippen LogP contribution in [0.4, 0.5) is 0 Å². The Hall–Kier alpha value is -1.72. The maximum atomic E-state index is 12.9. The molecule has 0 spiro atoms. The van der Waals surface area contributed by atoms with E-state index in [-0.39, 0.29) is 12.0 Å². The third-order valence-electron chi connectivity index (χ3n) is 4.42. The van der Waals surface area contributed by atoms with Gasteiger partial charge in [-0.05, 0) is 37.8 Å². The third-order valence-corrected chi connectivity index (χ3v) is 5.72. The summed E-state index contributed by atoms with van der Waals surface area (Å²) in [5.74, 6) is 0.0994. The highest BCUT2D eigenvalue weighted by Crippen LogP contribution is 2.27. The summed E-state index contributed by atoms with van der Waals surface area (Å²) in [7, 11) is 1.66. The molecule has 4 nitrogen and oxygen atoms in total. The van der Waals surface area contributed by atoms with Crippen LogP contribution in [0.3, 0.4) is 0 Å². The van der Waals surface area contributed by atoms with E-state index in [0.717, 1.165) is 41.5 Å². The molecule has 0 saturated heterocycles. The lowest BCUT2D eigenvalue weighted by atomic mass is 10.0. The quantitative estimate of drug-likeness (QED) is 0.866. The zero-order chi connectivity index (χ0) is 16.4. The van der Waals surface area contributed by atoms with Gasteiger partial charge in [0, 0.05) is 20.2 Å². The van der Waals surface area contributed by atoms with Crippen LogP contribution in [0, 0.1) is 6.92 Å². The van der Waals surface area contributed by atoms with Gasteiger partial charge in [0.15, 0.2) is 0 Å². The average molecular weight is 330 g/mol. The molecule has 1 amide bonds. The zero-order valence-electron chi connectivity index (χ0n) is 13.8. The van der Waals surface area contributed by atoms with Crippen LogP contribution in [0.2, 0.25) is 0 Å². The number of fused-ring (bicyclic) bond motifs is 1. The van der Waals surface area contributed by atoms with Gasteiger partial charge in [-0.3, -0.25) is 4.79 Å². The summed E-state index contributed by atoms with van der Waals surface area (Å²) in [5, 5.41) is 0.867. The molecule has 0 N–H and O–H groups in total. The van der Waals surface area contributed by atoms with Crippen LogP contribution in [0.25, 0.3) is 0 Å². The fraction of sp³-hybridized carbons (Fsp3) is 0.444. The Morgan fingerprint density at radius 1 is 1.26 bits per heavy atom. The molecule has 0 fully saturated rings. The van der Waals surface area contributed by atoms with Gasteiger partial charge in [-0.2, -0.15) is 0 Å². The maximum Gasteiger partial charge on any atom is 0.265 e. The summed E-state index contributed by atoms with van der Waals surface area (Å²) in [6, 6.07) is 8.48. The van der Waals surface area contributed by atoms with Crippen molar-refractivity contribution in [3.8, 4) is 0 Å². The van der Waals surface area contributed by atoms with Gasteiger partial charge >= 0.3 is 0 Å². The first kappa shape index (κ1) is 16.1. The van der Waals surface area contributed by atoms with Crippen molar-refractivity contribution in [1.82, 2.24) is 9.88 Å². The molecule has 0 bridgehead atoms. The number of carbonyl (C=O) groups excluding carboxylic acids is 1. The highest BCUT2D eigenvalue weighted by molar-refractivity contribution is 7.13. The monoisotopic (exact) mass is 330 g/mol. The molecular weight excluding hydrogens is 308 g/mol. The molecule has 1 unspecified atom stereocenters. The predicted octanol–water partition coefficient (Wildman–Crippen LogP) is 3.40. The van der Waals surface area contributed by atoms with Gasteiger partial charge in [0.2, 0.25) is 0 Å². The molecule has 1 aliphatic rings. The third kappa shape index (κ3) is 3.31. The van der Waals surface area contributed by atoms with Crippen molar-refractivity contribution < 1.29 is 9.53 Å². The molecule has 2 heterocycles. The van der Waals surface area contributed by atoms with Gasteiger partial charge in [-0.25, -0.2) is 4.98 Å². The fourth-order valence-electron chi connectivity index (χ4n) is 2.91. The normalized spacial score (nSPS) is 15.9. The number of benzene rings is 1. The highest BCUT2D eigenvalue weighted by atomic mass is 32.1. The highest BCUT2D eigenvalue weighted by Gasteiger charge is 2.24. The fourth-order valence-corrected chi connectivity index (χ4v) is 3.97. The average Bonchev–Trinajstić information content (AvgIpc) is 2.83. The van der Waals surface area contributed by atoms with E-state index in [0.29, 0.717) is 0 Å². The van der Waals surface area contributed by atoms with Crippen LogP contribution in [-0.2, 0) is 17.6 Å². The summed E-state index contributed by atoms with van der Waals surface area (Å²) in [6.07, 6.45) is 1.76. The lowest BCUT2D eigenvalue weighted by Gasteiger charge is -2.19. The number of thiazole rings is 1. The number of methoxy groups -OCH3 is 1. The van der Waals surface area contributed by atoms with Crippen LogP contribution in [-0.4, -0.2) is 36.0 Å². The van der Waals surface area contributed by atoms with Crippen LogP contribution in [0.5, 0.6) is 0 Å². The van der Waals surface area contributed by atoms with E-state index in [1.807, 2.05) is 18.7 Å². The Morgan fingerprint density at radius 3 is 2.43 bits per heavy atom. The minimum Gasteiger partial charge on any atom is -0.375 e. The van der Waals surface area contributed by atoms with E-state index in [9.17, 15) is 4.79 Å². The van der Waals surface area contributed by atoms with E-state index in [1.54, 1.807) is 7.11 Å². The first-order valence-corrected chi connectivity index (χ1v) is 8.78. The number of hydrogen-bond donors (Lipinski definition) is 0. The Kier molecular flexibility index (Phi) is 4.78.